The molecule has 78 valence electrons. The summed E-state index contributed by atoms with van der Waals surface area (Å²) in [5.74, 6) is 5.16. The van der Waals surface area contributed by atoms with Crippen molar-refractivity contribution < 1.29 is 8.42 Å². The van der Waals surface area contributed by atoms with Gasteiger partial charge >= 0.3 is 0 Å². The van der Waals surface area contributed by atoms with Gasteiger partial charge in [0.15, 0.2) is 0 Å². The number of anilines is 2. The standard InChI is InChI=1S/C7H12N4O2S/c1-11(14(9,12)13)7-4-2-6(10-8)3-5-7/h2-5,10H,8H2,1H3,(H2,9,12,13). The lowest BCUT2D eigenvalue weighted by Crippen LogP contribution is -2.33. The summed E-state index contributed by atoms with van der Waals surface area (Å²) in [5.41, 5.74) is 3.60. The molecule has 6 nitrogen and oxygen atoms in total. The Morgan fingerprint density at radius 2 is 1.79 bits per heavy atom. The molecule has 1 aromatic rings. The van der Waals surface area contributed by atoms with Crippen molar-refractivity contribution in [1.82, 2.24) is 0 Å². The Morgan fingerprint density at radius 3 is 2.14 bits per heavy atom. The third-order valence-corrected chi connectivity index (χ3v) is 2.75. The Balaban J connectivity index is 2.98. The van der Waals surface area contributed by atoms with E-state index >= 15 is 0 Å². The third kappa shape index (κ3) is 2.34. The van der Waals surface area contributed by atoms with E-state index in [-0.39, 0.29) is 0 Å². The van der Waals surface area contributed by atoms with Gasteiger partial charge < -0.3 is 5.43 Å². The third-order valence-electron chi connectivity index (χ3n) is 1.78. The van der Waals surface area contributed by atoms with Crippen LogP contribution in [0.5, 0.6) is 0 Å². The molecule has 0 unspecified atom stereocenters. The summed E-state index contributed by atoms with van der Waals surface area (Å²) in [6.07, 6.45) is 0. The number of nitrogens with two attached hydrogens (primary N) is 2. The second-order valence-corrected chi connectivity index (χ2v) is 4.28. The molecular weight excluding hydrogens is 204 g/mol. The van der Waals surface area contributed by atoms with Crippen LogP contribution >= 0.6 is 0 Å². The minimum atomic E-state index is -3.69. The zero-order chi connectivity index (χ0) is 10.8. The van der Waals surface area contributed by atoms with Crippen LogP contribution in [0.25, 0.3) is 0 Å². The SMILES string of the molecule is CN(c1ccc(NN)cc1)S(N)(=O)=O. The molecule has 7 heteroatoms. The Labute approximate surface area is 82.7 Å². The van der Waals surface area contributed by atoms with Crippen molar-refractivity contribution in [3.8, 4) is 0 Å². The van der Waals surface area contributed by atoms with Crippen molar-refractivity contribution in [3.05, 3.63) is 24.3 Å². The lowest BCUT2D eigenvalue weighted by atomic mass is 10.3. The van der Waals surface area contributed by atoms with E-state index in [1.54, 1.807) is 24.3 Å². The first kappa shape index (κ1) is 10.8. The lowest BCUT2D eigenvalue weighted by molar-refractivity contribution is 0.596. The Kier molecular flexibility index (Phi) is 2.94. The van der Waals surface area contributed by atoms with Crippen LogP contribution in [0.15, 0.2) is 24.3 Å². The largest absolute Gasteiger partial charge is 0.324 e. The van der Waals surface area contributed by atoms with Crippen LogP contribution in [0.3, 0.4) is 0 Å². The number of hydrazine groups is 1. The fraction of sp³-hybridized carbons (Fsp3) is 0.143. The topological polar surface area (TPSA) is 101 Å². The van der Waals surface area contributed by atoms with E-state index in [1.807, 2.05) is 0 Å². The van der Waals surface area contributed by atoms with Crippen LogP contribution in [0.2, 0.25) is 0 Å². The van der Waals surface area contributed by atoms with Crippen molar-refractivity contribution in [2.45, 2.75) is 0 Å². The molecule has 0 amide bonds. The van der Waals surface area contributed by atoms with Crippen molar-refractivity contribution in [3.63, 3.8) is 0 Å². The highest BCUT2D eigenvalue weighted by atomic mass is 32.2. The summed E-state index contributed by atoms with van der Waals surface area (Å²) in [6, 6.07) is 6.49. The van der Waals surface area contributed by atoms with Crippen LogP contribution in [-0.4, -0.2) is 15.5 Å². The van der Waals surface area contributed by atoms with Gasteiger partial charge in [0, 0.05) is 12.7 Å². The van der Waals surface area contributed by atoms with Crippen molar-refractivity contribution in [2.75, 3.05) is 16.8 Å². The molecule has 0 aliphatic rings. The van der Waals surface area contributed by atoms with E-state index in [1.165, 1.54) is 7.05 Å². The van der Waals surface area contributed by atoms with Crippen LogP contribution < -0.4 is 20.7 Å². The quantitative estimate of drug-likeness (QED) is 0.473. The maximum absolute atomic E-state index is 10.9. The summed E-state index contributed by atoms with van der Waals surface area (Å²) in [6.45, 7) is 0. The molecule has 0 fully saturated rings. The molecule has 1 rings (SSSR count). The van der Waals surface area contributed by atoms with Crippen molar-refractivity contribution in [1.29, 1.82) is 0 Å². The van der Waals surface area contributed by atoms with Gasteiger partial charge in [-0.25, -0.2) is 5.14 Å². The van der Waals surface area contributed by atoms with E-state index < -0.39 is 10.2 Å². The first-order chi connectivity index (χ1) is 6.45. The number of benzene rings is 1. The van der Waals surface area contributed by atoms with E-state index in [9.17, 15) is 8.42 Å². The zero-order valence-electron chi connectivity index (χ0n) is 7.64. The average Bonchev–Trinajstić information content (AvgIpc) is 2.15. The Bertz CT molecular complexity index is 400. The van der Waals surface area contributed by atoms with Gasteiger partial charge in [-0.05, 0) is 24.3 Å². The Hall–Kier alpha value is -1.31. The maximum Gasteiger partial charge on any atom is 0.298 e. The summed E-state index contributed by atoms with van der Waals surface area (Å²) in [7, 11) is -2.32. The average molecular weight is 216 g/mol. The molecule has 0 bridgehead atoms. The number of rotatable bonds is 3. The molecule has 0 atom stereocenters. The van der Waals surface area contributed by atoms with E-state index in [0.717, 1.165) is 4.31 Å². The lowest BCUT2D eigenvalue weighted by Gasteiger charge is -2.15. The second kappa shape index (κ2) is 3.82. The zero-order valence-corrected chi connectivity index (χ0v) is 8.45. The van der Waals surface area contributed by atoms with Crippen LogP contribution in [0.4, 0.5) is 11.4 Å². The normalized spacial score (nSPS) is 11.1. The molecule has 1 aromatic carbocycles. The van der Waals surface area contributed by atoms with E-state index in [2.05, 4.69) is 5.43 Å². The predicted octanol–water partition coefficient (Wildman–Crippen LogP) is -0.388. The highest BCUT2D eigenvalue weighted by Gasteiger charge is 2.11. The molecule has 0 spiro atoms. The molecule has 0 saturated heterocycles. The van der Waals surface area contributed by atoms with Crippen molar-refractivity contribution in [2.24, 2.45) is 11.0 Å². The van der Waals surface area contributed by atoms with Crippen LogP contribution in [-0.2, 0) is 10.2 Å². The van der Waals surface area contributed by atoms with Gasteiger partial charge in [-0.1, -0.05) is 0 Å². The highest BCUT2D eigenvalue weighted by Crippen LogP contribution is 2.17. The Morgan fingerprint density at radius 1 is 1.29 bits per heavy atom. The van der Waals surface area contributed by atoms with Crippen LogP contribution in [0, 0.1) is 0 Å². The molecule has 0 heterocycles. The maximum atomic E-state index is 10.9. The van der Waals surface area contributed by atoms with Gasteiger partial charge in [-0.15, -0.1) is 0 Å². The first-order valence-electron chi connectivity index (χ1n) is 3.78. The summed E-state index contributed by atoms with van der Waals surface area (Å²) >= 11 is 0. The van der Waals surface area contributed by atoms with Crippen LogP contribution in [0.1, 0.15) is 0 Å². The molecule has 14 heavy (non-hydrogen) atoms. The first-order valence-corrected chi connectivity index (χ1v) is 5.29. The molecule has 5 N–H and O–H groups in total. The summed E-state index contributed by atoms with van der Waals surface area (Å²) < 4.78 is 22.9. The fourth-order valence-electron chi connectivity index (χ4n) is 0.915. The highest BCUT2D eigenvalue weighted by molar-refractivity contribution is 7.90. The minimum Gasteiger partial charge on any atom is -0.324 e. The molecule has 0 saturated carbocycles. The van der Waals surface area contributed by atoms with Gasteiger partial charge in [0.05, 0.1) is 5.69 Å². The number of nitrogen functional groups attached to an aromatic ring is 1. The van der Waals surface area contributed by atoms with E-state index in [0.29, 0.717) is 11.4 Å². The summed E-state index contributed by atoms with van der Waals surface area (Å²) in [4.78, 5) is 0. The van der Waals surface area contributed by atoms with Crippen molar-refractivity contribution >= 4 is 21.6 Å². The molecule has 0 aromatic heterocycles. The van der Waals surface area contributed by atoms with Gasteiger partial charge in [0.1, 0.15) is 0 Å². The fourth-order valence-corrected chi connectivity index (χ4v) is 1.33. The number of nitrogens with zero attached hydrogens (tertiary/aromatic N) is 1. The second-order valence-electron chi connectivity index (χ2n) is 2.70. The van der Waals surface area contributed by atoms with E-state index in [4.69, 9.17) is 11.0 Å². The molecular formula is C7H12N4O2S. The molecule has 0 radical (unpaired) electrons. The number of hydrogen-bond donors (Lipinski definition) is 3. The monoisotopic (exact) mass is 216 g/mol. The van der Waals surface area contributed by atoms with Gasteiger partial charge in [-0.3, -0.25) is 10.1 Å². The van der Waals surface area contributed by atoms with Gasteiger partial charge in [-0.2, -0.15) is 8.42 Å². The molecule has 0 aliphatic carbocycles. The minimum absolute atomic E-state index is 0.478. The van der Waals surface area contributed by atoms with Gasteiger partial charge in [0.2, 0.25) is 0 Å². The summed E-state index contributed by atoms with van der Waals surface area (Å²) in [5, 5.41) is 4.94. The number of hydrogen-bond acceptors (Lipinski definition) is 4. The molecule has 0 aliphatic heterocycles. The van der Waals surface area contributed by atoms with Gasteiger partial charge in [0.25, 0.3) is 10.2 Å². The smallest absolute Gasteiger partial charge is 0.298 e. The number of nitrogens with one attached hydrogen (secondary N) is 1. The predicted molar refractivity (Wildman–Crippen MR) is 55.8 cm³/mol.